The maximum absolute atomic E-state index is 13.6. The Morgan fingerprint density at radius 2 is 2.11 bits per heavy atom. The van der Waals surface area contributed by atoms with Gasteiger partial charge < -0.3 is 5.11 Å². The highest BCUT2D eigenvalue weighted by Crippen LogP contribution is 2.28. The Bertz CT molecular complexity index is 553. The van der Waals surface area contributed by atoms with E-state index < -0.39 is 15.8 Å². The van der Waals surface area contributed by atoms with Crippen molar-refractivity contribution in [2.24, 2.45) is 5.92 Å². The van der Waals surface area contributed by atoms with Crippen LogP contribution in [-0.4, -0.2) is 20.1 Å². The normalized spacial score (nSPS) is 15.9. The lowest BCUT2D eigenvalue weighted by Gasteiger charge is -2.11. The molecule has 2 N–H and O–H groups in total. The molecule has 2 rings (SSSR count). The lowest BCUT2D eigenvalue weighted by Crippen LogP contribution is -2.27. The van der Waals surface area contributed by atoms with E-state index in [-0.39, 0.29) is 22.6 Å². The van der Waals surface area contributed by atoms with E-state index in [0.29, 0.717) is 12.5 Å². The van der Waals surface area contributed by atoms with Crippen LogP contribution in [0.4, 0.5) is 4.39 Å². The predicted molar refractivity (Wildman–Crippen MR) is 65.0 cm³/mol. The van der Waals surface area contributed by atoms with E-state index in [0.717, 1.165) is 18.9 Å². The number of halogens is 1. The second-order valence-corrected chi connectivity index (χ2v) is 6.39. The van der Waals surface area contributed by atoms with Crippen molar-refractivity contribution in [3.63, 3.8) is 0 Å². The zero-order chi connectivity index (χ0) is 13.3. The molecule has 18 heavy (non-hydrogen) atoms. The van der Waals surface area contributed by atoms with E-state index >= 15 is 0 Å². The summed E-state index contributed by atoms with van der Waals surface area (Å²) in [7, 11) is -3.70. The van der Waals surface area contributed by atoms with E-state index in [4.69, 9.17) is 5.11 Å². The van der Waals surface area contributed by atoms with E-state index in [1.54, 1.807) is 0 Å². The lowest BCUT2D eigenvalue weighted by atomic mass is 10.1. The van der Waals surface area contributed by atoms with Crippen molar-refractivity contribution in [2.45, 2.75) is 31.3 Å². The molecule has 1 fully saturated rings. The highest BCUT2D eigenvalue weighted by molar-refractivity contribution is 7.89. The van der Waals surface area contributed by atoms with Gasteiger partial charge in [-0.25, -0.2) is 17.5 Å². The van der Waals surface area contributed by atoms with Gasteiger partial charge in [-0.2, -0.15) is 0 Å². The van der Waals surface area contributed by atoms with Gasteiger partial charge >= 0.3 is 0 Å². The molecule has 1 aliphatic rings. The quantitative estimate of drug-likeness (QED) is 0.850. The molecule has 0 aromatic heterocycles. The van der Waals surface area contributed by atoms with Crippen LogP contribution in [0.3, 0.4) is 0 Å². The fourth-order valence-corrected chi connectivity index (χ4v) is 3.12. The third-order valence-electron chi connectivity index (χ3n) is 3.09. The molecule has 0 radical (unpaired) electrons. The van der Waals surface area contributed by atoms with Gasteiger partial charge in [0.05, 0.1) is 11.5 Å². The maximum Gasteiger partial charge on any atom is 0.240 e. The molecule has 0 heterocycles. The van der Waals surface area contributed by atoms with Crippen LogP contribution in [-0.2, 0) is 16.6 Å². The molecule has 0 bridgehead atoms. The van der Waals surface area contributed by atoms with Crippen molar-refractivity contribution >= 4 is 10.0 Å². The molecule has 0 aliphatic heterocycles. The molecule has 0 saturated heterocycles. The van der Waals surface area contributed by atoms with Gasteiger partial charge in [-0.3, -0.25) is 0 Å². The third kappa shape index (κ3) is 2.88. The summed E-state index contributed by atoms with van der Waals surface area (Å²) in [4.78, 5) is -0.0906. The van der Waals surface area contributed by atoms with Crippen LogP contribution in [0.15, 0.2) is 17.0 Å². The molecule has 100 valence electrons. The molecule has 1 aromatic rings. The number of nitrogens with one attached hydrogen (secondary N) is 1. The standard InChI is InChI=1S/C12H16FNO3S/c1-8-11(13)4-10(7-15)5-12(8)18(16,17)14-6-9-2-3-9/h4-5,9,14-15H,2-3,6-7H2,1H3. The van der Waals surface area contributed by atoms with Crippen molar-refractivity contribution < 1.29 is 17.9 Å². The van der Waals surface area contributed by atoms with Crippen LogP contribution >= 0.6 is 0 Å². The summed E-state index contributed by atoms with van der Waals surface area (Å²) < 4.78 is 40.1. The first-order valence-corrected chi connectivity index (χ1v) is 7.32. The topological polar surface area (TPSA) is 66.4 Å². The van der Waals surface area contributed by atoms with Crippen molar-refractivity contribution in [1.82, 2.24) is 4.72 Å². The summed E-state index contributed by atoms with van der Waals surface area (Å²) in [5.74, 6) is -0.209. The number of benzene rings is 1. The van der Waals surface area contributed by atoms with Gasteiger partial charge in [0.15, 0.2) is 0 Å². The first-order chi connectivity index (χ1) is 8.44. The maximum atomic E-state index is 13.6. The van der Waals surface area contributed by atoms with E-state index in [1.165, 1.54) is 13.0 Å². The van der Waals surface area contributed by atoms with Gasteiger partial charge in [0.25, 0.3) is 0 Å². The molecule has 1 aromatic carbocycles. The molecule has 0 spiro atoms. The van der Waals surface area contributed by atoms with Crippen LogP contribution in [0.2, 0.25) is 0 Å². The number of rotatable bonds is 5. The monoisotopic (exact) mass is 273 g/mol. The molecule has 1 saturated carbocycles. The molecule has 6 heteroatoms. The molecule has 4 nitrogen and oxygen atoms in total. The van der Waals surface area contributed by atoms with Crippen molar-refractivity contribution in [2.75, 3.05) is 6.54 Å². The summed E-state index contributed by atoms with van der Waals surface area (Å²) in [6, 6.07) is 2.46. The first-order valence-electron chi connectivity index (χ1n) is 5.83. The summed E-state index contributed by atoms with van der Waals surface area (Å²) in [5, 5.41) is 8.99. The Kier molecular flexibility index (Phi) is 3.70. The number of aliphatic hydroxyl groups is 1. The minimum atomic E-state index is -3.70. The summed E-state index contributed by atoms with van der Waals surface area (Å²) in [5.41, 5.74) is 0.334. The van der Waals surface area contributed by atoms with Gasteiger partial charge in [-0.1, -0.05) is 0 Å². The molecule has 0 unspecified atom stereocenters. The van der Waals surface area contributed by atoms with Crippen molar-refractivity contribution in [3.05, 3.63) is 29.1 Å². The minimum Gasteiger partial charge on any atom is -0.392 e. The Hall–Kier alpha value is -0.980. The largest absolute Gasteiger partial charge is 0.392 e. The Balaban J connectivity index is 2.32. The molecular weight excluding hydrogens is 257 g/mol. The summed E-state index contributed by atoms with van der Waals surface area (Å²) >= 11 is 0. The molecule has 0 atom stereocenters. The fraction of sp³-hybridized carbons (Fsp3) is 0.500. The summed E-state index contributed by atoms with van der Waals surface area (Å²) in [6.45, 7) is 1.43. The second kappa shape index (κ2) is 4.95. The Morgan fingerprint density at radius 1 is 1.44 bits per heavy atom. The zero-order valence-corrected chi connectivity index (χ0v) is 10.9. The lowest BCUT2D eigenvalue weighted by molar-refractivity contribution is 0.281. The van der Waals surface area contributed by atoms with Crippen LogP contribution in [0.25, 0.3) is 0 Å². The van der Waals surface area contributed by atoms with E-state index in [1.807, 2.05) is 0 Å². The first kappa shape index (κ1) is 13.5. The Morgan fingerprint density at radius 3 is 2.67 bits per heavy atom. The van der Waals surface area contributed by atoms with Gasteiger partial charge in [-0.05, 0) is 43.4 Å². The van der Waals surface area contributed by atoms with E-state index in [2.05, 4.69) is 4.72 Å². The van der Waals surface area contributed by atoms with Crippen LogP contribution in [0.5, 0.6) is 0 Å². The van der Waals surface area contributed by atoms with Crippen molar-refractivity contribution in [3.8, 4) is 0 Å². The number of aliphatic hydroxyl groups excluding tert-OH is 1. The zero-order valence-electron chi connectivity index (χ0n) is 10.1. The summed E-state index contributed by atoms with van der Waals surface area (Å²) in [6.07, 6.45) is 2.07. The molecule has 0 amide bonds. The van der Waals surface area contributed by atoms with Gasteiger partial charge in [0.2, 0.25) is 10.0 Å². The van der Waals surface area contributed by atoms with Crippen molar-refractivity contribution in [1.29, 1.82) is 0 Å². The Labute approximate surface area is 106 Å². The molecular formula is C12H16FNO3S. The van der Waals surface area contributed by atoms with E-state index in [9.17, 15) is 12.8 Å². The SMILES string of the molecule is Cc1c(F)cc(CO)cc1S(=O)(=O)NCC1CC1. The average molecular weight is 273 g/mol. The van der Waals surface area contributed by atoms with Crippen LogP contribution in [0.1, 0.15) is 24.0 Å². The fourth-order valence-electron chi connectivity index (χ4n) is 1.70. The van der Waals surface area contributed by atoms with Gasteiger partial charge in [0, 0.05) is 12.1 Å². The van der Waals surface area contributed by atoms with Gasteiger partial charge in [0.1, 0.15) is 5.82 Å². The van der Waals surface area contributed by atoms with Crippen LogP contribution < -0.4 is 4.72 Å². The second-order valence-electron chi connectivity index (χ2n) is 4.65. The number of hydrogen-bond acceptors (Lipinski definition) is 3. The minimum absolute atomic E-state index is 0.0792. The average Bonchev–Trinajstić information content (AvgIpc) is 3.13. The van der Waals surface area contributed by atoms with Crippen LogP contribution in [0, 0.1) is 18.7 Å². The highest BCUT2D eigenvalue weighted by atomic mass is 32.2. The highest BCUT2D eigenvalue weighted by Gasteiger charge is 2.26. The molecule has 1 aliphatic carbocycles. The number of sulfonamides is 1. The third-order valence-corrected chi connectivity index (χ3v) is 4.64. The predicted octanol–water partition coefficient (Wildman–Crippen LogP) is 1.31. The van der Waals surface area contributed by atoms with Gasteiger partial charge in [-0.15, -0.1) is 0 Å². The number of hydrogen-bond donors (Lipinski definition) is 2. The smallest absolute Gasteiger partial charge is 0.240 e.